The summed E-state index contributed by atoms with van der Waals surface area (Å²) in [5, 5.41) is 1.71. The van der Waals surface area contributed by atoms with E-state index in [1.165, 1.54) is 21.7 Å². The van der Waals surface area contributed by atoms with Crippen LogP contribution in [-0.2, 0) is 14.8 Å². The second-order valence-electron chi connectivity index (χ2n) is 3.39. The van der Waals surface area contributed by atoms with Gasteiger partial charge in [-0.2, -0.15) is 9.30 Å². The molecular formula is C9H10N2O3S2. The Labute approximate surface area is 97.5 Å². The van der Waals surface area contributed by atoms with E-state index in [9.17, 15) is 13.2 Å². The summed E-state index contributed by atoms with van der Waals surface area (Å²) < 4.78 is 25.8. The number of nitrogens with zero attached hydrogens (tertiary/aromatic N) is 2. The zero-order chi connectivity index (χ0) is 11.6. The third-order valence-corrected chi connectivity index (χ3v) is 5.70. The monoisotopic (exact) mass is 258 g/mol. The van der Waals surface area contributed by atoms with Crippen molar-refractivity contribution in [2.24, 2.45) is 4.99 Å². The molecule has 0 amide bonds. The Balaban J connectivity index is 2.34. The smallest absolute Gasteiger partial charge is 0.211 e. The molecule has 0 spiro atoms. The summed E-state index contributed by atoms with van der Waals surface area (Å²) in [6, 6.07) is 3.24. The van der Waals surface area contributed by atoms with Crippen LogP contribution in [0.15, 0.2) is 26.7 Å². The van der Waals surface area contributed by atoms with Crippen molar-refractivity contribution in [1.82, 2.24) is 4.31 Å². The van der Waals surface area contributed by atoms with E-state index >= 15 is 0 Å². The minimum absolute atomic E-state index is 0.292. The van der Waals surface area contributed by atoms with Crippen molar-refractivity contribution >= 4 is 27.4 Å². The first-order valence-corrected chi connectivity index (χ1v) is 7.10. The molecule has 2 rings (SSSR count). The Morgan fingerprint density at radius 1 is 1.56 bits per heavy atom. The average molecular weight is 258 g/mol. The minimum Gasteiger partial charge on any atom is -0.211 e. The maximum absolute atomic E-state index is 12.1. The van der Waals surface area contributed by atoms with Gasteiger partial charge in [-0.1, -0.05) is 6.07 Å². The van der Waals surface area contributed by atoms with Crippen molar-refractivity contribution in [3.63, 3.8) is 0 Å². The van der Waals surface area contributed by atoms with Crippen LogP contribution in [0.5, 0.6) is 0 Å². The Bertz CT molecular complexity index is 503. The van der Waals surface area contributed by atoms with Crippen LogP contribution in [0.25, 0.3) is 0 Å². The van der Waals surface area contributed by atoms with Gasteiger partial charge in [-0.25, -0.2) is 13.2 Å². The second kappa shape index (κ2) is 4.47. The Morgan fingerprint density at radius 3 is 3.00 bits per heavy atom. The molecule has 2 heterocycles. The van der Waals surface area contributed by atoms with Crippen LogP contribution in [0.1, 0.15) is 12.8 Å². The molecule has 1 saturated heterocycles. The molecular weight excluding hydrogens is 248 g/mol. The van der Waals surface area contributed by atoms with Crippen molar-refractivity contribution in [3.05, 3.63) is 17.5 Å². The largest absolute Gasteiger partial charge is 0.254 e. The summed E-state index contributed by atoms with van der Waals surface area (Å²) in [5.41, 5.74) is 0. The van der Waals surface area contributed by atoms with E-state index in [1.807, 2.05) is 0 Å². The summed E-state index contributed by atoms with van der Waals surface area (Å²) in [7, 11) is -3.49. The van der Waals surface area contributed by atoms with Gasteiger partial charge in [0.15, 0.2) is 0 Å². The number of aliphatic imine (C=N–C) groups is 1. The normalized spacial score (nSPS) is 21.9. The van der Waals surface area contributed by atoms with Gasteiger partial charge in [0.05, 0.1) is 0 Å². The molecule has 0 saturated carbocycles. The van der Waals surface area contributed by atoms with Crippen LogP contribution in [0, 0.1) is 0 Å². The highest BCUT2D eigenvalue weighted by Gasteiger charge is 2.35. The van der Waals surface area contributed by atoms with Crippen LogP contribution in [0.4, 0.5) is 0 Å². The molecule has 0 N–H and O–H groups in total. The molecule has 0 bridgehead atoms. The van der Waals surface area contributed by atoms with Gasteiger partial charge < -0.3 is 0 Å². The summed E-state index contributed by atoms with van der Waals surface area (Å²) in [6.45, 7) is 0.413. The molecule has 5 nitrogen and oxygen atoms in total. The summed E-state index contributed by atoms with van der Waals surface area (Å²) in [6.07, 6.45) is 2.16. The lowest BCUT2D eigenvalue weighted by Crippen LogP contribution is -2.33. The first-order chi connectivity index (χ1) is 7.66. The van der Waals surface area contributed by atoms with E-state index in [-0.39, 0.29) is 0 Å². The highest BCUT2D eigenvalue weighted by molar-refractivity contribution is 7.91. The molecule has 1 aromatic heterocycles. The SMILES string of the molecule is O=C=NC1CCCN1S(=O)(=O)c1cccs1. The van der Waals surface area contributed by atoms with Crippen molar-refractivity contribution < 1.29 is 13.2 Å². The molecule has 7 heteroatoms. The van der Waals surface area contributed by atoms with E-state index in [0.717, 1.165) is 6.42 Å². The summed E-state index contributed by atoms with van der Waals surface area (Å²) in [5.74, 6) is 0. The summed E-state index contributed by atoms with van der Waals surface area (Å²) >= 11 is 1.17. The lowest BCUT2D eigenvalue weighted by Gasteiger charge is -2.18. The minimum atomic E-state index is -3.49. The molecule has 86 valence electrons. The highest BCUT2D eigenvalue weighted by atomic mass is 32.2. The maximum Gasteiger partial charge on any atom is 0.254 e. The number of sulfonamides is 1. The molecule has 1 atom stereocenters. The number of isocyanates is 1. The van der Waals surface area contributed by atoms with Crippen LogP contribution < -0.4 is 0 Å². The quantitative estimate of drug-likeness (QED) is 0.604. The average Bonchev–Trinajstić information content (AvgIpc) is 2.88. The van der Waals surface area contributed by atoms with Crippen molar-refractivity contribution in [2.45, 2.75) is 23.2 Å². The lowest BCUT2D eigenvalue weighted by atomic mass is 10.3. The molecule has 0 aliphatic carbocycles. The van der Waals surface area contributed by atoms with Crippen molar-refractivity contribution in [2.75, 3.05) is 6.54 Å². The van der Waals surface area contributed by atoms with Crippen LogP contribution >= 0.6 is 11.3 Å². The fourth-order valence-corrected chi connectivity index (χ4v) is 4.43. The number of carbonyl (C=O) groups excluding carboxylic acids is 1. The van der Waals surface area contributed by atoms with Crippen LogP contribution in [0.2, 0.25) is 0 Å². The van der Waals surface area contributed by atoms with Crippen molar-refractivity contribution in [3.8, 4) is 0 Å². The number of thiophene rings is 1. The Kier molecular flexibility index (Phi) is 3.20. The molecule has 1 aromatic rings. The van der Waals surface area contributed by atoms with Crippen LogP contribution in [-0.4, -0.2) is 31.5 Å². The third kappa shape index (κ3) is 1.94. The molecule has 0 radical (unpaired) electrons. The first-order valence-electron chi connectivity index (χ1n) is 4.78. The first kappa shape index (κ1) is 11.5. The van der Waals surface area contributed by atoms with E-state index < -0.39 is 16.2 Å². The molecule has 1 fully saturated rings. The Hall–Kier alpha value is -1.01. The second-order valence-corrected chi connectivity index (χ2v) is 6.46. The predicted octanol–water partition coefficient (Wildman–Crippen LogP) is 1.19. The molecule has 1 aliphatic heterocycles. The fourth-order valence-electron chi connectivity index (χ4n) is 1.72. The van der Waals surface area contributed by atoms with E-state index in [0.29, 0.717) is 17.2 Å². The zero-order valence-electron chi connectivity index (χ0n) is 8.37. The number of rotatable bonds is 3. The van der Waals surface area contributed by atoms with Gasteiger partial charge in [0.25, 0.3) is 10.0 Å². The van der Waals surface area contributed by atoms with Gasteiger partial charge in [0.2, 0.25) is 6.08 Å². The van der Waals surface area contributed by atoms with Gasteiger partial charge >= 0.3 is 0 Å². The third-order valence-electron chi connectivity index (χ3n) is 2.43. The standard InChI is InChI=1S/C9H10N2O3S2/c12-7-10-8-3-1-5-11(8)16(13,14)9-4-2-6-15-9/h2,4,6,8H,1,3,5H2. The van der Waals surface area contributed by atoms with E-state index in [2.05, 4.69) is 4.99 Å². The maximum atomic E-state index is 12.1. The van der Waals surface area contributed by atoms with Crippen molar-refractivity contribution in [1.29, 1.82) is 0 Å². The number of hydrogen-bond acceptors (Lipinski definition) is 5. The van der Waals surface area contributed by atoms with E-state index in [1.54, 1.807) is 17.5 Å². The Morgan fingerprint density at radius 2 is 2.38 bits per heavy atom. The van der Waals surface area contributed by atoms with Gasteiger partial charge in [-0.3, -0.25) is 0 Å². The van der Waals surface area contributed by atoms with Gasteiger partial charge in [-0.15, -0.1) is 11.3 Å². The molecule has 1 aliphatic rings. The van der Waals surface area contributed by atoms with E-state index in [4.69, 9.17) is 0 Å². The van der Waals surface area contributed by atoms with Gasteiger partial charge in [0.1, 0.15) is 10.4 Å². The van der Waals surface area contributed by atoms with Gasteiger partial charge in [0, 0.05) is 6.54 Å². The molecule has 1 unspecified atom stereocenters. The zero-order valence-corrected chi connectivity index (χ0v) is 10.00. The fraction of sp³-hybridized carbons (Fsp3) is 0.444. The molecule has 16 heavy (non-hydrogen) atoms. The summed E-state index contributed by atoms with van der Waals surface area (Å²) in [4.78, 5) is 13.7. The van der Waals surface area contributed by atoms with Gasteiger partial charge in [-0.05, 0) is 24.3 Å². The van der Waals surface area contributed by atoms with Crippen LogP contribution in [0.3, 0.4) is 0 Å². The molecule has 0 aromatic carbocycles. The highest BCUT2D eigenvalue weighted by Crippen LogP contribution is 2.28. The number of hydrogen-bond donors (Lipinski definition) is 0. The lowest BCUT2D eigenvalue weighted by molar-refractivity contribution is 0.397. The predicted molar refractivity (Wildman–Crippen MR) is 59.4 cm³/mol. The topological polar surface area (TPSA) is 66.8 Å².